The minimum Gasteiger partial charge on any atom is -0.396 e. The van der Waals surface area contributed by atoms with Crippen LogP contribution in [-0.4, -0.2) is 61.2 Å². The summed E-state index contributed by atoms with van der Waals surface area (Å²) >= 11 is 0. The van der Waals surface area contributed by atoms with Gasteiger partial charge in [0.25, 0.3) is 0 Å². The van der Waals surface area contributed by atoms with E-state index in [-0.39, 0.29) is 6.61 Å². The SMILES string of the molecule is COCC(C)(CO)C1(O)CCCN(C)CC1. The molecule has 1 rings (SSSR count). The highest BCUT2D eigenvalue weighted by molar-refractivity contribution is 4.97. The Bertz CT molecular complexity index is 224. The van der Waals surface area contributed by atoms with Crippen molar-refractivity contribution in [1.29, 1.82) is 0 Å². The predicted octanol–water partition coefficient (Wildman–Crippen LogP) is 0.478. The zero-order valence-electron chi connectivity index (χ0n) is 10.7. The van der Waals surface area contributed by atoms with Gasteiger partial charge < -0.3 is 19.8 Å². The minimum atomic E-state index is -0.817. The van der Waals surface area contributed by atoms with Crippen LogP contribution in [0, 0.1) is 5.41 Å². The molecule has 2 unspecified atom stereocenters. The Morgan fingerprint density at radius 2 is 2.06 bits per heavy atom. The van der Waals surface area contributed by atoms with Crippen LogP contribution < -0.4 is 0 Å². The maximum Gasteiger partial charge on any atom is 0.0757 e. The summed E-state index contributed by atoms with van der Waals surface area (Å²) < 4.78 is 5.15. The highest BCUT2D eigenvalue weighted by Gasteiger charge is 2.46. The molecule has 0 radical (unpaired) electrons. The molecule has 0 aromatic rings. The molecule has 0 aliphatic carbocycles. The lowest BCUT2D eigenvalue weighted by Gasteiger charge is -2.43. The lowest BCUT2D eigenvalue weighted by atomic mass is 9.70. The molecule has 1 aliphatic rings. The fraction of sp³-hybridized carbons (Fsp3) is 1.00. The molecular formula is C12H25NO3. The molecule has 0 amide bonds. The lowest BCUT2D eigenvalue weighted by Crippen LogP contribution is -2.52. The first-order valence-corrected chi connectivity index (χ1v) is 5.98. The average Bonchev–Trinajstić information content (AvgIpc) is 2.42. The summed E-state index contributed by atoms with van der Waals surface area (Å²) in [5.74, 6) is 0. The van der Waals surface area contributed by atoms with Crippen molar-refractivity contribution in [3.63, 3.8) is 0 Å². The van der Waals surface area contributed by atoms with Crippen LogP contribution in [0.3, 0.4) is 0 Å². The van der Waals surface area contributed by atoms with Crippen LogP contribution in [0.25, 0.3) is 0 Å². The number of nitrogens with zero attached hydrogens (tertiary/aromatic N) is 1. The molecule has 1 saturated heterocycles. The van der Waals surface area contributed by atoms with Gasteiger partial charge in [0.15, 0.2) is 0 Å². The molecule has 1 aliphatic heterocycles. The monoisotopic (exact) mass is 231 g/mol. The number of aliphatic hydroxyl groups excluding tert-OH is 1. The minimum absolute atomic E-state index is 0.0406. The van der Waals surface area contributed by atoms with Gasteiger partial charge in [0.1, 0.15) is 0 Å². The van der Waals surface area contributed by atoms with Crippen molar-refractivity contribution in [2.75, 3.05) is 40.5 Å². The molecule has 1 fully saturated rings. The maximum absolute atomic E-state index is 10.8. The first kappa shape index (κ1) is 13.9. The van der Waals surface area contributed by atoms with Crippen LogP contribution in [0.2, 0.25) is 0 Å². The van der Waals surface area contributed by atoms with Crippen molar-refractivity contribution in [1.82, 2.24) is 4.90 Å². The van der Waals surface area contributed by atoms with E-state index in [0.717, 1.165) is 25.9 Å². The molecule has 2 N–H and O–H groups in total. The Morgan fingerprint density at radius 3 is 2.62 bits per heavy atom. The van der Waals surface area contributed by atoms with Gasteiger partial charge in [-0.25, -0.2) is 0 Å². The fourth-order valence-corrected chi connectivity index (χ4v) is 2.50. The number of hydrogen-bond donors (Lipinski definition) is 2. The largest absolute Gasteiger partial charge is 0.396 e. The number of aliphatic hydroxyl groups is 2. The summed E-state index contributed by atoms with van der Waals surface area (Å²) in [6, 6.07) is 0. The number of methoxy groups -OCH3 is 1. The number of ether oxygens (including phenoxy) is 1. The van der Waals surface area contributed by atoms with Gasteiger partial charge >= 0.3 is 0 Å². The van der Waals surface area contributed by atoms with E-state index < -0.39 is 11.0 Å². The van der Waals surface area contributed by atoms with Crippen molar-refractivity contribution < 1.29 is 14.9 Å². The van der Waals surface area contributed by atoms with Crippen LogP contribution in [0.1, 0.15) is 26.2 Å². The maximum atomic E-state index is 10.8. The second-order valence-electron chi connectivity index (χ2n) is 5.34. The lowest BCUT2D eigenvalue weighted by molar-refractivity contribution is -0.135. The third-order valence-corrected chi connectivity index (χ3v) is 3.97. The Labute approximate surface area is 98.2 Å². The molecule has 0 aromatic heterocycles. The van der Waals surface area contributed by atoms with E-state index >= 15 is 0 Å². The average molecular weight is 231 g/mol. The third-order valence-electron chi connectivity index (χ3n) is 3.97. The van der Waals surface area contributed by atoms with Crippen molar-refractivity contribution in [3.05, 3.63) is 0 Å². The van der Waals surface area contributed by atoms with E-state index in [1.54, 1.807) is 7.11 Å². The second-order valence-corrected chi connectivity index (χ2v) is 5.34. The molecule has 1 heterocycles. The van der Waals surface area contributed by atoms with Crippen molar-refractivity contribution in [2.24, 2.45) is 5.41 Å². The smallest absolute Gasteiger partial charge is 0.0757 e. The highest BCUT2D eigenvalue weighted by atomic mass is 16.5. The molecule has 0 spiro atoms. The normalized spacial score (nSPS) is 32.1. The Hall–Kier alpha value is -0.160. The second kappa shape index (κ2) is 5.45. The van der Waals surface area contributed by atoms with Gasteiger partial charge in [0.2, 0.25) is 0 Å². The number of hydrogen-bond acceptors (Lipinski definition) is 4. The highest BCUT2D eigenvalue weighted by Crippen LogP contribution is 2.39. The summed E-state index contributed by atoms with van der Waals surface area (Å²) in [4.78, 5) is 2.22. The van der Waals surface area contributed by atoms with Crippen LogP contribution in [-0.2, 0) is 4.74 Å². The standard InChI is InChI=1S/C12H25NO3/c1-11(9-14,10-16-3)12(15)5-4-7-13(2)8-6-12/h14-15H,4-10H2,1-3H3. The van der Waals surface area contributed by atoms with Crippen molar-refractivity contribution in [3.8, 4) is 0 Å². The molecule has 16 heavy (non-hydrogen) atoms. The van der Waals surface area contributed by atoms with Gasteiger partial charge in [-0.05, 0) is 32.9 Å². The summed E-state index contributed by atoms with van der Waals surface area (Å²) in [5.41, 5.74) is -1.38. The van der Waals surface area contributed by atoms with E-state index in [0.29, 0.717) is 13.0 Å². The first-order valence-electron chi connectivity index (χ1n) is 5.98. The predicted molar refractivity (Wildman–Crippen MR) is 63.4 cm³/mol. The van der Waals surface area contributed by atoms with E-state index in [2.05, 4.69) is 11.9 Å². The summed E-state index contributed by atoms with van der Waals surface area (Å²) in [7, 11) is 3.68. The molecule has 4 nitrogen and oxygen atoms in total. The molecule has 96 valence electrons. The quantitative estimate of drug-likeness (QED) is 0.739. The van der Waals surface area contributed by atoms with E-state index in [4.69, 9.17) is 4.74 Å². The van der Waals surface area contributed by atoms with Crippen LogP contribution in [0.15, 0.2) is 0 Å². The van der Waals surface area contributed by atoms with Gasteiger partial charge in [0.05, 0.1) is 18.8 Å². The van der Waals surface area contributed by atoms with E-state index in [1.807, 2.05) is 6.92 Å². The molecule has 0 saturated carbocycles. The number of likely N-dealkylation sites (tertiary alicyclic amines) is 1. The fourth-order valence-electron chi connectivity index (χ4n) is 2.50. The topological polar surface area (TPSA) is 52.9 Å². The van der Waals surface area contributed by atoms with E-state index in [1.165, 1.54) is 0 Å². The number of rotatable bonds is 4. The molecule has 4 heteroatoms. The van der Waals surface area contributed by atoms with Crippen LogP contribution in [0.4, 0.5) is 0 Å². The molecule has 2 atom stereocenters. The van der Waals surface area contributed by atoms with Gasteiger partial charge in [-0.3, -0.25) is 0 Å². The van der Waals surface area contributed by atoms with Crippen LogP contribution in [0.5, 0.6) is 0 Å². The zero-order chi connectivity index (χ0) is 12.2. The molecular weight excluding hydrogens is 206 g/mol. The summed E-state index contributed by atoms with van der Waals surface area (Å²) in [6.07, 6.45) is 2.40. The van der Waals surface area contributed by atoms with Gasteiger partial charge in [-0.2, -0.15) is 0 Å². The molecule has 0 bridgehead atoms. The van der Waals surface area contributed by atoms with Gasteiger partial charge in [-0.15, -0.1) is 0 Å². The van der Waals surface area contributed by atoms with Gasteiger partial charge in [0, 0.05) is 19.1 Å². The summed E-state index contributed by atoms with van der Waals surface area (Å²) in [6.45, 7) is 4.14. The third kappa shape index (κ3) is 2.74. The zero-order valence-corrected chi connectivity index (χ0v) is 10.7. The van der Waals surface area contributed by atoms with Crippen molar-refractivity contribution >= 4 is 0 Å². The van der Waals surface area contributed by atoms with Gasteiger partial charge in [-0.1, -0.05) is 6.92 Å². The Kier molecular flexibility index (Phi) is 4.73. The van der Waals surface area contributed by atoms with Crippen molar-refractivity contribution in [2.45, 2.75) is 31.8 Å². The first-order chi connectivity index (χ1) is 7.47. The Morgan fingerprint density at radius 1 is 1.38 bits per heavy atom. The summed E-state index contributed by atoms with van der Waals surface area (Å²) in [5, 5.41) is 20.3. The molecule has 0 aromatic carbocycles. The Balaban J connectivity index is 2.79. The van der Waals surface area contributed by atoms with E-state index in [9.17, 15) is 10.2 Å². The van der Waals surface area contributed by atoms with Crippen LogP contribution >= 0.6 is 0 Å².